The summed E-state index contributed by atoms with van der Waals surface area (Å²) < 4.78 is 32.0. The van der Waals surface area contributed by atoms with Crippen LogP contribution in [0.3, 0.4) is 0 Å². The molecule has 3 aromatic carbocycles. The lowest BCUT2D eigenvalue weighted by Crippen LogP contribution is -2.43. The van der Waals surface area contributed by atoms with Crippen molar-refractivity contribution in [2.24, 2.45) is 0 Å². The molecule has 0 bridgehead atoms. The standard InChI is InChI=1S/C28H27F2N3O3/c29-28(30)27(35)31-22-14-13-19(17-24(22)36-28)18-25(34)32-26(20-9-3-1-4-10-20)21-11-5-6-12-23(21)33-15-7-2-8-16-33/h1,3-6,9-14,17,26H,2,7-8,15-16,18H2,(H,31,35)(H,32,34). The number of hydrogen-bond acceptors (Lipinski definition) is 4. The first-order chi connectivity index (χ1) is 17.4. The van der Waals surface area contributed by atoms with Gasteiger partial charge in [0.05, 0.1) is 18.2 Å². The van der Waals surface area contributed by atoms with Crippen molar-refractivity contribution in [1.82, 2.24) is 5.32 Å². The van der Waals surface area contributed by atoms with Crippen molar-refractivity contribution in [2.75, 3.05) is 23.3 Å². The molecule has 1 unspecified atom stereocenters. The Morgan fingerprint density at radius 2 is 1.72 bits per heavy atom. The van der Waals surface area contributed by atoms with Gasteiger partial charge in [-0.1, -0.05) is 54.6 Å². The van der Waals surface area contributed by atoms with Crippen LogP contribution in [0.5, 0.6) is 5.75 Å². The third kappa shape index (κ3) is 5.03. The van der Waals surface area contributed by atoms with Crippen molar-refractivity contribution in [3.63, 3.8) is 0 Å². The molecule has 186 valence electrons. The van der Waals surface area contributed by atoms with Crippen LogP contribution in [0.1, 0.15) is 42.0 Å². The lowest BCUT2D eigenvalue weighted by molar-refractivity contribution is -0.189. The molecule has 0 aliphatic carbocycles. The van der Waals surface area contributed by atoms with E-state index >= 15 is 0 Å². The summed E-state index contributed by atoms with van der Waals surface area (Å²) in [6.45, 7) is 1.95. The summed E-state index contributed by atoms with van der Waals surface area (Å²) in [5, 5.41) is 5.28. The second kappa shape index (κ2) is 9.97. The van der Waals surface area contributed by atoms with Gasteiger partial charge in [-0.25, -0.2) is 0 Å². The Morgan fingerprint density at radius 3 is 2.50 bits per heavy atom. The third-order valence-corrected chi connectivity index (χ3v) is 6.54. The predicted molar refractivity (Wildman–Crippen MR) is 133 cm³/mol. The molecule has 0 radical (unpaired) electrons. The minimum Gasteiger partial charge on any atom is -0.423 e. The van der Waals surface area contributed by atoms with Crippen LogP contribution in [0.4, 0.5) is 20.2 Å². The molecule has 2 aliphatic rings. The van der Waals surface area contributed by atoms with Crippen molar-refractivity contribution in [3.8, 4) is 5.75 Å². The number of benzene rings is 3. The lowest BCUT2D eigenvalue weighted by atomic mass is 9.95. The fourth-order valence-corrected chi connectivity index (χ4v) is 4.78. The summed E-state index contributed by atoms with van der Waals surface area (Å²) in [5.74, 6) is -1.94. The highest BCUT2D eigenvalue weighted by Gasteiger charge is 2.46. The van der Waals surface area contributed by atoms with E-state index in [0.717, 1.165) is 42.7 Å². The molecule has 2 amide bonds. The molecule has 2 aliphatic heterocycles. The quantitative estimate of drug-likeness (QED) is 0.506. The molecule has 2 N–H and O–H groups in total. The fourth-order valence-electron chi connectivity index (χ4n) is 4.78. The van der Waals surface area contributed by atoms with Gasteiger partial charge in [0.1, 0.15) is 0 Å². The first kappa shape index (κ1) is 23.8. The zero-order chi connectivity index (χ0) is 25.1. The molecule has 2 heterocycles. The Hall–Kier alpha value is -3.94. The van der Waals surface area contributed by atoms with Crippen molar-refractivity contribution in [1.29, 1.82) is 0 Å². The lowest BCUT2D eigenvalue weighted by Gasteiger charge is -2.33. The number of carbonyl (C=O) groups excluding carboxylic acids is 2. The summed E-state index contributed by atoms with van der Waals surface area (Å²) in [5.41, 5.74) is 3.70. The van der Waals surface area contributed by atoms with Crippen LogP contribution in [0.2, 0.25) is 0 Å². The maximum absolute atomic E-state index is 13.7. The SMILES string of the molecule is O=C(Cc1ccc2c(c1)OC(F)(F)C(=O)N2)NC(c1ccccc1)c1ccccc1N1CCCCC1. The highest BCUT2D eigenvalue weighted by atomic mass is 19.3. The van der Waals surface area contributed by atoms with E-state index in [1.807, 2.05) is 48.5 Å². The molecule has 0 saturated carbocycles. The van der Waals surface area contributed by atoms with E-state index < -0.39 is 12.0 Å². The normalized spacial score (nSPS) is 17.4. The maximum atomic E-state index is 13.7. The topological polar surface area (TPSA) is 70.7 Å². The van der Waals surface area contributed by atoms with Gasteiger partial charge in [-0.15, -0.1) is 0 Å². The zero-order valence-corrected chi connectivity index (χ0v) is 19.7. The number of para-hydroxylation sites is 1. The van der Waals surface area contributed by atoms with Crippen LogP contribution in [-0.2, 0) is 16.0 Å². The molecular weight excluding hydrogens is 464 g/mol. The second-order valence-electron chi connectivity index (χ2n) is 9.10. The number of alkyl halides is 2. The summed E-state index contributed by atoms with van der Waals surface area (Å²) in [4.78, 5) is 27.0. The van der Waals surface area contributed by atoms with E-state index in [1.165, 1.54) is 18.6 Å². The number of amides is 2. The molecule has 6 nitrogen and oxygen atoms in total. The molecular formula is C28H27F2N3O3. The molecule has 36 heavy (non-hydrogen) atoms. The number of nitrogens with one attached hydrogen (secondary N) is 2. The summed E-state index contributed by atoms with van der Waals surface area (Å²) in [7, 11) is 0. The maximum Gasteiger partial charge on any atom is 0.482 e. The number of hydrogen-bond donors (Lipinski definition) is 2. The summed E-state index contributed by atoms with van der Waals surface area (Å²) in [6.07, 6.45) is -0.499. The van der Waals surface area contributed by atoms with Crippen LogP contribution in [-0.4, -0.2) is 31.0 Å². The van der Waals surface area contributed by atoms with Gasteiger partial charge in [0.2, 0.25) is 5.91 Å². The minimum atomic E-state index is -3.95. The summed E-state index contributed by atoms with van der Waals surface area (Å²) >= 11 is 0. The van der Waals surface area contributed by atoms with E-state index in [0.29, 0.717) is 5.56 Å². The molecule has 0 aromatic heterocycles. The van der Waals surface area contributed by atoms with Crippen molar-refractivity contribution in [2.45, 2.75) is 37.8 Å². The van der Waals surface area contributed by atoms with Crippen LogP contribution in [0, 0.1) is 0 Å². The number of piperidine rings is 1. The smallest absolute Gasteiger partial charge is 0.423 e. The number of nitrogens with zero attached hydrogens (tertiary/aromatic N) is 1. The molecule has 8 heteroatoms. The van der Waals surface area contributed by atoms with Gasteiger partial charge in [-0.05, 0) is 48.6 Å². The fraction of sp³-hybridized carbons (Fsp3) is 0.286. The number of anilines is 2. The van der Waals surface area contributed by atoms with Gasteiger partial charge in [0.25, 0.3) is 0 Å². The van der Waals surface area contributed by atoms with E-state index in [2.05, 4.69) is 26.3 Å². The van der Waals surface area contributed by atoms with Crippen molar-refractivity contribution < 1.29 is 23.1 Å². The zero-order valence-electron chi connectivity index (χ0n) is 19.7. The van der Waals surface area contributed by atoms with E-state index in [-0.39, 0.29) is 29.8 Å². The van der Waals surface area contributed by atoms with Crippen molar-refractivity contribution >= 4 is 23.2 Å². The first-order valence-corrected chi connectivity index (χ1v) is 12.1. The molecule has 0 spiro atoms. The van der Waals surface area contributed by atoms with Gasteiger partial charge in [0.15, 0.2) is 5.75 Å². The van der Waals surface area contributed by atoms with Crippen molar-refractivity contribution in [3.05, 3.63) is 89.5 Å². The van der Waals surface area contributed by atoms with E-state index in [1.54, 1.807) is 6.07 Å². The number of rotatable bonds is 6. The van der Waals surface area contributed by atoms with E-state index in [4.69, 9.17) is 0 Å². The van der Waals surface area contributed by atoms with E-state index in [9.17, 15) is 18.4 Å². The first-order valence-electron chi connectivity index (χ1n) is 12.1. The van der Waals surface area contributed by atoms with Crippen LogP contribution in [0.15, 0.2) is 72.8 Å². The number of ether oxygens (including phenoxy) is 1. The van der Waals surface area contributed by atoms with Gasteiger partial charge < -0.3 is 20.3 Å². The number of halogens is 2. The minimum absolute atomic E-state index is 0.0363. The van der Waals surface area contributed by atoms with Crippen LogP contribution < -0.4 is 20.3 Å². The Morgan fingerprint density at radius 1 is 1.00 bits per heavy atom. The number of carbonyl (C=O) groups is 2. The molecule has 1 atom stereocenters. The average Bonchev–Trinajstić information content (AvgIpc) is 2.89. The monoisotopic (exact) mass is 491 g/mol. The third-order valence-electron chi connectivity index (χ3n) is 6.54. The number of fused-ring (bicyclic) bond motifs is 1. The molecule has 1 fully saturated rings. The Labute approximate surface area is 208 Å². The predicted octanol–water partition coefficient (Wildman–Crippen LogP) is 5.05. The highest BCUT2D eigenvalue weighted by molar-refractivity contribution is 5.98. The van der Waals surface area contributed by atoms with Crippen LogP contribution in [0.25, 0.3) is 0 Å². The van der Waals surface area contributed by atoms with Gasteiger partial charge in [-0.3, -0.25) is 9.59 Å². The average molecular weight is 492 g/mol. The Kier molecular flexibility index (Phi) is 6.59. The molecule has 1 saturated heterocycles. The second-order valence-corrected chi connectivity index (χ2v) is 9.10. The highest BCUT2D eigenvalue weighted by Crippen LogP contribution is 2.36. The largest absolute Gasteiger partial charge is 0.482 e. The Bertz CT molecular complexity index is 1260. The van der Waals surface area contributed by atoms with Gasteiger partial charge >= 0.3 is 12.0 Å². The molecule has 5 rings (SSSR count). The Balaban J connectivity index is 1.40. The molecule has 3 aromatic rings. The van der Waals surface area contributed by atoms with Crippen LogP contribution >= 0.6 is 0 Å². The van der Waals surface area contributed by atoms with Gasteiger partial charge in [-0.2, -0.15) is 8.78 Å². The van der Waals surface area contributed by atoms with Gasteiger partial charge in [0, 0.05) is 24.3 Å². The summed E-state index contributed by atoms with van der Waals surface area (Å²) in [6, 6.07) is 22.0.